The van der Waals surface area contributed by atoms with E-state index in [0.29, 0.717) is 53.6 Å². The van der Waals surface area contributed by atoms with E-state index in [2.05, 4.69) is 41.6 Å². The number of nitrogens with one attached hydrogen (secondary N) is 2. The highest BCUT2D eigenvalue weighted by atomic mass is 32.1. The SMILES string of the molecule is Cc1ncsc1-c1ccc([C@H](C)NC(=O)[C@@H]2C[C@@H](O)CN2C(=O)[C@@H](c2cc(OCCN3C[C@@H]4C(c5cc6cc(-c7cc(F)ccc7O)nnc6[nH]5)[C@@H]4C3)no2)C(C)C)cc1. The van der Waals surface area contributed by atoms with Crippen LogP contribution in [-0.4, -0.2) is 102 Å². The molecule has 0 radical (unpaired) electrons. The van der Waals surface area contributed by atoms with E-state index in [9.17, 15) is 24.2 Å². The third kappa shape index (κ3) is 7.74. The van der Waals surface area contributed by atoms with Crippen molar-refractivity contribution in [2.24, 2.45) is 17.8 Å². The zero-order chi connectivity index (χ0) is 41.8. The van der Waals surface area contributed by atoms with Crippen molar-refractivity contribution in [3.63, 3.8) is 0 Å². The number of aromatic hydroxyl groups is 1. The molecule has 312 valence electrons. The Hall–Kier alpha value is -5.71. The van der Waals surface area contributed by atoms with Crippen LogP contribution in [0.4, 0.5) is 4.39 Å². The lowest BCUT2D eigenvalue weighted by Gasteiger charge is -2.29. The highest BCUT2D eigenvalue weighted by molar-refractivity contribution is 7.13. The number of piperidine rings is 1. The van der Waals surface area contributed by atoms with Crippen LogP contribution in [0.1, 0.15) is 67.8 Å². The Kier molecular flexibility index (Phi) is 10.6. The van der Waals surface area contributed by atoms with E-state index >= 15 is 0 Å². The smallest absolute Gasteiger partial charge is 0.254 e. The molecule has 4 N–H and O–H groups in total. The van der Waals surface area contributed by atoms with E-state index in [4.69, 9.17) is 9.26 Å². The molecule has 2 aromatic carbocycles. The molecule has 16 heteroatoms. The molecule has 2 saturated heterocycles. The summed E-state index contributed by atoms with van der Waals surface area (Å²) < 4.78 is 25.5. The van der Waals surface area contributed by atoms with Crippen molar-refractivity contribution < 1.29 is 33.5 Å². The van der Waals surface area contributed by atoms with Gasteiger partial charge in [0.2, 0.25) is 11.8 Å². The van der Waals surface area contributed by atoms with Crippen molar-refractivity contribution in [1.82, 2.24) is 40.4 Å². The molecule has 9 rings (SSSR count). The van der Waals surface area contributed by atoms with Gasteiger partial charge in [0, 0.05) is 61.2 Å². The lowest BCUT2D eigenvalue weighted by Crippen LogP contribution is -2.48. The van der Waals surface area contributed by atoms with Gasteiger partial charge in [-0.15, -0.1) is 21.5 Å². The molecule has 1 unspecified atom stereocenters. The summed E-state index contributed by atoms with van der Waals surface area (Å²) >= 11 is 1.59. The van der Waals surface area contributed by atoms with Crippen LogP contribution >= 0.6 is 11.3 Å². The quantitative estimate of drug-likeness (QED) is 0.104. The number of β-amino-alcohol motifs (C(OH)–C–C–N with tert-alkyl or cyclic N) is 1. The molecule has 1 aliphatic carbocycles. The van der Waals surface area contributed by atoms with Crippen LogP contribution in [0.25, 0.3) is 32.7 Å². The number of ether oxygens (including phenoxy) is 1. The molecule has 3 aliphatic rings. The summed E-state index contributed by atoms with van der Waals surface area (Å²) in [4.78, 5) is 40.5. The van der Waals surface area contributed by atoms with Gasteiger partial charge in [-0.3, -0.25) is 14.5 Å². The van der Waals surface area contributed by atoms with E-state index in [-0.39, 0.29) is 48.4 Å². The van der Waals surface area contributed by atoms with Gasteiger partial charge in [0.1, 0.15) is 30.1 Å². The van der Waals surface area contributed by atoms with Crippen molar-refractivity contribution >= 4 is 34.2 Å². The van der Waals surface area contributed by atoms with Crippen LogP contribution in [0.2, 0.25) is 0 Å². The van der Waals surface area contributed by atoms with Crippen LogP contribution in [0.3, 0.4) is 0 Å². The minimum atomic E-state index is -0.833. The molecule has 60 heavy (non-hydrogen) atoms. The molecule has 0 spiro atoms. The van der Waals surface area contributed by atoms with Crippen molar-refractivity contribution in [2.45, 2.75) is 64.1 Å². The van der Waals surface area contributed by atoms with Crippen molar-refractivity contribution in [3.05, 3.63) is 94.7 Å². The van der Waals surface area contributed by atoms with E-state index in [1.165, 1.54) is 23.1 Å². The number of aromatic amines is 1. The standard InChI is InChI=1S/C44H47FN8O6S/c1-22(2)39(44(57)53-18-29(54)16-35(53)43(56)47-23(3)25-5-7-26(8-6-25)41-24(4)46-21-60-41)37-17-38(51-59-37)58-12-11-52-19-31-32(20-52)40(31)34-14-27-13-33(49-50-42(27)48-34)30-15-28(45)9-10-36(30)55/h5-10,13-15,17,21-23,29,31-32,35,39-40,54-55H,11-12,16,18-20H2,1-4H3,(H,47,56)(H,48,50)/t23-,29+,31-,32+,35-,39+,40?/m0/s1. The van der Waals surface area contributed by atoms with Crippen LogP contribution in [0, 0.1) is 30.5 Å². The monoisotopic (exact) mass is 834 g/mol. The van der Waals surface area contributed by atoms with Crippen LogP contribution < -0.4 is 10.1 Å². The predicted octanol–water partition coefficient (Wildman–Crippen LogP) is 6.19. The molecule has 4 aromatic heterocycles. The lowest BCUT2D eigenvalue weighted by molar-refractivity contribution is -0.141. The fraction of sp³-hybridized carbons (Fsp3) is 0.409. The topological polar surface area (TPSA) is 183 Å². The second-order valence-corrected chi connectivity index (χ2v) is 17.5. The van der Waals surface area contributed by atoms with Crippen molar-refractivity contribution in [1.29, 1.82) is 0 Å². The molecule has 2 aliphatic heterocycles. The first-order chi connectivity index (χ1) is 28.9. The minimum Gasteiger partial charge on any atom is -0.507 e. The summed E-state index contributed by atoms with van der Waals surface area (Å²) in [6, 6.07) is 16.2. The second kappa shape index (κ2) is 16.0. The summed E-state index contributed by atoms with van der Waals surface area (Å²) in [6.07, 6.45) is -0.686. The summed E-state index contributed by atoms with van der Waals surface area (Å²) in [7, 11) is 0. The number of hydrogen-bond acceptors (Lipinski definition) is 12. The average molecular weight is 835 g/mol. The first kappa shape index (κ1) is 39.7. The number of amides is 2. The third-order valence-corrected chi connectivity index (χ3v) is 13.3. The van der Waals surface area contributed by atoms with Gasteiger partial charge in [0.15, 0.2) is 11.4 Å². The molecule has 2 amide bonds. The Morgan fingerprint density at radius 1 is 1.05 bits per heavy atom. The fourth-order valence-corrected chi connectivity index (χ4v) is 9.93. The number of carbonyl (C=O) groups is 2. The largest absolute Gasteiger partial charge is 0.507 e. The van der Waals surface area contributed by atoms with Gasteiger partial charge in [-0.05, 0) is 78.2 Å². The fourth-order valence-electron chi connectivity index (χ4n) is 9.12. The summed E-state index contributed by atoms with van der Waals surface area (Å²) in [5, 5.41) is 37.5. The number of halogens is 1. The molecule has 0 bridgehead atoms. The second-order valence-electron chi connectivity index (χ2n) is 16.7. The normalized spacial score (nSPS) is 22.3. The van der Waals surface area contributed by atoms with Gasteiger partial charge < -0.3 is 34.7 Å². The number of carbonyl (C=O) groups excluding carboxylic acids is 2. The molecule has 14 nitrogen and oxygen atoms in total. The zero-order valence-corrected chi connectivity index (χ0v) is 34.5. The Morgan fingerprint density at radius 3 is 2.57 bits per heavy atom. The summed E-state index contributed by atoms with van der Waals surface area (Å²) in [5.41, 5.74) is 7.25. The Morgan fingerprint density at radius 2 is 1.83 bits per heavy atom. The average Bonchev–Trinajstić information content (AvgIpc) is 3.92. The number of aromatic nitrogens is 5. The number of aryl methyl sites for hydroxylation is 1. The van der Waals surface area contributed by atoms with E-state index in [1.807, 2.05) is 63.5 Å². The molecule has 6 heterocycles. The number of thiazole rings is 1. The van der Waals surface area contributed by atoms with Gasteiger partial charge in [0.05, 0.1) is 33.9 Å². The maximum absolute atomic E-state index is 14.2. The first-order valence-electron chi connectivity index (χ1n) is 20.4. The number of rotatable bonds is 13. The predicted molar refractivity (Wildman–Crippen MR) is 222 cm³/mol. The summed E-state index contributed by atoms with van der Waals surface area (Å²) in [6.45, 7) is 10.7. The van der Waals surface area contributed by atoms with Crippen molar-refractivity contribution in [2.75, 3.05) is 32.8 Å². The molecule has 6 aromatic rings. The third-order valence-electron chi connectivity index (χ3n) is 12.3. The number of aliphatic hydroxyl groups excluding tert-OH is 1. The number of benzene rings is 2. The number of aliphatic hydroxyl groups is 1. The van der Waals surface area contributed by atoms with Crippen LogP contribution in [0.5, 0.6) is 11.6 Å². The van der Waals surface area contributed by atoms with E-state index in [1.54, 1.807) is 17.4 Å². The van der Waals surface area contributed by atoms with E-state index < -0.39 is 23.9 Å². The van der Waals surface area contributed by atoms with Gasteiger partial charge >= 0.3 is 0 Å². The number of hydrogen-bond donors (Lipinski definition) is 4. The maximum atomic E-state index is 14.2. The Labute approximate surface area is 349 Å². The number of nitrogens with zero attached hydrogens (tertiary/aromatic N) is 6. The van der Waals surface area contributed by atoms with E-state index in [0.717, 1.165) is 45.9 Å². The number of fused-ring (bicyclic) bond motifs is 2. The molecule has 7 atom stereocenters. The van der Waals surface area contributed by atoms with Crippen LogP contribution in [-0.2, 0) is 9.59 Å². The lowest BCUT2D eigenvalue weighted by atomic mass is 9.91. The first-order valence-corrected chi connectivity index (χ1v) is 21.3. The minimum absolute atomic E-state index is 0.0465. The number of phenols is 1. The molecular weight excluding hydrogens is 788 g/mol. The van der Waals surface area contributed by atoms with Crippen molar-refractivity contribution in [3.8, 4) is 33.3 Å². The Balaban J connectivity index is 0.772. The summed E-state index contributed by atoms with van der Waals surface area (Å²) in [5.74, 6) is -0.0286. The highest BCUT2D eigenvalue weighted by Crippen LogP contribution is 2.58. The number of H-pyrrole nitrogens is 1. The zero-order valence-electron chi connectivity index (χ0n) is 33.7. The van der Waals surface area contributed by atoms with Crippen LogP contribution in [0.15, 0.2) is 70.7 Å². The van der Waals surface area contributed by atoms with Gasteiger partial charge in [-0.1, -0.05) is 38.1 Å². The highest BCUT2D eigenvalue weighted by Gasteiger charge is 2.56. The van der Waals surface area contributed by atoms with Gasteiger partial charge in [-0.25, -0.2) is 9.37 Å². The Bertz CT molecular complexity index is 2530. The number of likely N-dealkylation sites (tertiary alicyclic amines) is 2. The van der Waals surface area contributed by atoms with Gasteiger partial charge in [-0.2, -0.15) is 0 Å². The molecule has 3 fully saturated rings. The molecule has 1 saturated carbocycles. The number of phenolic OH excluding ortho intramolecular Hbond substituents is 1. The van der Waals surface area contributed by atoms with Gasteiger partial charge in [0.25, 0.3) is 5.88 Å². The maximum Gasteiger partial charge on any atom is 0.254 e. The molecular formula is C44H47FN8O6S.